The highest BCUT2D eigenvalue weighted by atomic mass is 19.1. The van der Waals surface area contributed by atoms with E-state index in [2.05, 4.69) is 12.2 Å². The van der Waals surface area contributed by atoms with Crippen LogP contribution in [-0.2, 0) is 16.0 Å². The van der Waals surface area contributed by atoms with Gasteiger partial charge in [-0.2, -0.15) is 0 Å². The van der Waals surface area contributed by atoms with Crippen molar-refractivity contribution < 1.29 is 18.7 Å². The Bertz CT molecular complexity index is 851. The molecule has 1 atom stereocenters. The number of unbranched alkanes of at least 4 members (excludes halogenated alkanes) is 2. The van der Waals surface area contributed by atoms with Gasteiger partial charge in [0.15, 0.2) is 6.10 Å². The Morgan fingerprint density at radius 1 is 1.18 bits per heavy atom. The number of amides is 2. The number of fused-ring (bicyclic) bond motifs is 1. The first kappa shape index (κ1) is 19.9. The van der Waals surface area contributed by atoms with Crippen molar-refractivity contribution in [2.45, 2.75) is 45.6 Å². The normalized spacial score (nSPS) is 15.8. The van der Waals surface area contributed by atoms with E-state index < -0.39 is 6.10 Å². The maximum atomic E-state index is 13.0. The Kier molecular flexibility index (Phi) is 6.29. The van der Waals surface area contributed by atoms with Gasteiger partial charge in [-0.15, -0.1) is 0 Å². The second kappa shape index (κ2) is 8.87. The van der Waals surface area contributed by atoms with Crippen molar-refractivity contribution in [3.63, 3.8) is 0 Å². The zero-order valence-corrected chi connectivity index (χ0v) is 16.2. The molecule has 1 N–H and O–H groups in total. The molecule has 2 amide bonds. The Balaban J connectivity index is 1.74. The van der Waals surface area contributed by atoms with Gasteiger partial charge in [-0.3, -0.25) is 9.59 Å². The van der Waals surface area contributed by atoms with E-state index in [0.29, 0.717) is 23.7 Å². The van der Waals surface area contributed by atoms with Crippen LogP contribution in [0.3, 0.4) is 0 Å². The second-order valence-electron chi connectivity index (χ2n) is 6.99. The predicted octanol–water partition coefficient (Wildman–Crippen LogP) is 4.31. The largest absolute Gasteiger partial charge is 0.479 e. The fourth-order valence-electron chi connectivity index (χ4n) is 3.23. The molecule has 6 heteroatoms. The number of rotatable bonds is 7. The summed E-state index contributed by atoms with van der Waals surface area (Å²) in [7, 11) is 0. The van der Waals surface area contributed by atoms with Gasteiger partial charge in [0.1, 0.15) is 11.6 Å². The van der Waals surface area contributed by atoms with E-state index in [0.717, 1.165) is 24.8 Å². The van der Waals surface area contributed by atoms with E-state index in [4.69, 9.17) is 4.74 Å². The summed E-state index contributed by atoms with van der Waals surface area (Å²) < 4.78 is 18.7. The van der Waals surface area contributed by atoms with Gasteiger partial charge in [0, 0.05) is 12.2 Å². The number of halogens is 1. The van der Waals surface area contributed by atoms with Crippen LogP contribution >= 0.6 is 0 Å². The van der Waals surface area contributed by atoms with Crippen molar-refractivity contribution in [2.24, 2.45) is 0 Å². The predicted molar refractivity (Wildman–Crippen MR) is 107 cm³/mol. The lowest BCUT2D eigenvalue weighted by atomic mass is 10.1. The zero-order valence-electron chi connectivity index (χ0n) is 16.2. The number of benzene rings is 2. The molecule has 148 valence electrons. The number of anilines is 2. The van der Waals surface area contributed by atoms with Crippen LogP contribution in [0, 0.1) is 5.82 Å². The average Bonchev–Trinajstić information content (AvgIpc) is 2.67. The highest BCUT2D eigenvalue weighted by Crippen LogP contribution is 2.36. The van der Waals surface area contributed by atoms with Gasteiger partial charge in [-0.1, -0.05) is 31.9 Å². The molecule has 0 saturated carbocycles. The molecule has 0 radical (unpaired) electrons. The van der Waals surface area contributed by atoms with Crippen molar-refractivity contribution in [1.82, 2.24) is 0 Å². The Morgan fingerprint density at radius 2 is 1.93 bits per heavy atom. The monoisotopic (exact) mass is 384 g/mol. The molecule has 2 aromatic rings. The summed E-state index contributed by atoms with van der Waals surface area (Å²) in [5.74, 6) is 0.0277. The van der Waals surface area contributed by atoms with Gasteiger partial charge in [0.25, 0.3) is 5.91 Å². The van der Waals surface area contributed by atoms with Gasteiger partial charge >= 0.3 is 0 Å². The third kappa shape index (κ3) is 4.68. The van der Waals surface area contributed by atoms with Crippen LogP contribution in [0.15, 0.2) is 42.5 Å². The molecule has 1 aliphatic rings. The molecule has 28 heavy (non-hydrogen) atoms. The fourth-order valence-corrected chi connectivity index (χ4v) is 3.23. The van der Waals surface area contributed by atoms with Crippen LogP contribution in [0.1, 0.15) is 38.7 Å². The lowest BCUT2D eigenvalue weighted by molar-refractivity contribution is -0.125. The number of hydrogen-bond acceptors (Lipinski definition) is 3. The van der Waals surface area contributed by atoms with Gasteiger partial charge in [-0.05, 0) is 49.2 Å². The molecule has 3 rings (SSSR count). The molecule has 0 aromatic heterocycles. The number of nitrogens with zero attached hydrogens (tertiary/aromatic N) is 1. The van der Waals surface area contributed by atoms with Crippen molar-refractivity contribution >= 4 is 23.2 Å². The van der Waals surface area contributed by atoms with Crippen LogP contribution in [0.5, 0.6) is 5.75 Å². The Hall–Kier alpha value is -2.89. The van der Waals surface area contributed by atoms with Crippen molar-refractivity contribution in [2.75, 3.05) is 16.8 Å². The highest BCUT2D eigenvalue weighted by molar-refractivity contribution is 6.01. The Labute approximate surface area is 164 Å². The smallest absolute Gasteiger partial charge is 0.267 e. The SMILES string of the molecule is CCCCCN1C(=O)C(C)Oc2ccc(NC(=O)Cc3ccc(F)cc3)cc21. The maximum absolute atomic E-state index is 13.0. The van der Waals surface area contributed by atoms with E-state index in [9.17, 15) is 14.0 Å². The van der Waals surface area contributed by atoms with E-state index in [1.54, 1.807) is 42.2 Å². The van der Waals surface area contributed by atoms with Crippen LogP contribution in [0.25, 0.3) is 0 Å². The number of hydrogen-bond donors (Lipinski definition) is 1. The van der Waals surface area contributed by atoms with E-state index in [1.807, 2.05) is 0 Å². The summed E-state index contributed by atoms with van der Waals surface area (Å²) in [6, 6.07) is 11.1. The maximum Gasteiger partial charge on any atom is 0.267 e. The van der Waals surface area contributed by atoms with E-state index in [1.165, 1.54) is 12.1 Å². The molecule has 5 nitrogen and oxygen atoms in total. The molecule has 2 aromatic carbocycles. The fraction of sp³-hybridized carbons (Fsp3) is 0.364. The van der Waals surface area contributed by atoms with Crippen LogP contribution < -0.4 is 15.0 Å². The lowest BCUT2D eigenvalue weighted by Crippen LogP contribution is -2.44. The van der Waals surface area contributed by atoms with Crippen molar-refractivity contribution in [3.05, 3.63) is 53.8 Å². The zero-order chi connectivity index (χ0) is 20.1. The van der Waals surface area contributed by atoms with Crippen molar-refractivity contribution in [1.29, 1.82) is 0 Å². The molecule has 1 heterocycles. The van der Waals surface area contributed by atoms with E-state index in [-0.39, 0.29) is 24.1 Å². The summed E-state index contributed by atoms with van der Waals surface area (Å²) in [4.78, 5) is 26.6. The lowest BCUT2D eigenvalue weighted by Gasteiger charge is -2.33. The Morgan fingerprint density at radius 3 is 2.64 bits per heavy atom. The van der Waals surface area contributed by atoms with Gasteiger partial charge in [-0.25, -0.2) is 4.39 Å². The molecule has 0 fully saturated rings. The molecule has 1 aliphatic heterocycles. The topological polar surface area (TPSA) is 58.6 Å². The highest BCUT2D eigenvalue weighted by Gasteiger charge is 2.31. The van der Waals surface area contributed by atoms with E-state index >= 15 is 0 Å². The summed E-state index contributed by atoms with van der Waals surface area (Å²) in [6.07, 6.45) is 2.65. The van der Waals surface area contributed by atoms with Gasteiger partial charge in [0.2, 0.25) is 5.91 Å². The molecule has 0 spiro atoms. The molecule has 0 bridgehead atoms. The third-order valence-corrected chi connectivity index (χ3v) is 4.71. The number of carbonyl (C=O) groups is 2. The summed E-state index contributed by atoms with van der Waals surface area (Å²) in [5, 5.41) is 2.84. The average molecular weight is 384 g/mol. The van der Waals surface area contributed by atoms with Gasteiger partial charge in [0.05, 0.1) is 12.1 Å². The molecular formula is C22H25FN2O3. The minimum Gasteiger partial charge on any atom is -0.479 e. The molecule has 0 saturated heterocycles. The number of ether oxygens (including phenoxy) is 1. The minimum absolute atomic E-state index is 0.0709. The van der Waals surface area contributed by atoms with Crippen molar-refractivity contribution in [3.8, 4) is 5.75 Å². The standard InChI is InChI=1S/C22H25FN2O3/c1-3-4-5-12-25-19-14-18(10-11-20(19)28-15(2)22(25)27)24-21(26)13-16-6-8-17(23)9-7-16/h6-11,14-15H,3-5,12-13H2,1-2H3,(H,24,26). The van der Waals surface area contributed by atoms with Crippen LogP contribution in [-0.4, -0.2) is 24.5 Å². The number of nitrogens with one attached hydrogen (secondary N) is 1. The molecular weight excluding hydrogens is 359 g/mol. The number of carbonyl (C=O) groups excluding carboxylic acids is 2. The molecule has 0 aliphatic carbocycles. The third-order valence-electron chi connectivity index (χ3n) is 4.71. The molecule has 1 unspecified atom stereocenters. The first-order valence-electron chi connectivity index (χ1n) is 9.64. The van der Waals surface area contributed by atoms with Crippen LogP contribution in [0.4, 0.5) is 15.8 Å². The second-order valence-corrected chi connectivity index (χ2v) is 6.99. The summed E-state index contributed by atoms with van der Waals surface area (Å²) >= 11 is 0. The summed E-state index contributed by atoms with van der Waals surface area (Å²) in [5.41, 5.74) is 2.00. The van der Waals surface area contributed by atoms with Crippen LogP contribution in [0.2, 0.25) is 0 Å². The quantitative estimate of drug-likeness (QED) is 0.724. The first-order chi connectivity index (χ1) is 13.5. The minimum atomic E-state index is -0.520. The first-order valence-corrected chi connectivity index (χ1v) is 9.64. The summed E-state index contributed by atoms with van der Waals surface area (Å²) in [6.45, 7) is 4.49. The van der Waals surface area contributed by atoms with Gasteiger partial charge < -0.3 is 15.0 Å².